The van der Waals surface area contributed by atoms with Crippen LogP contribution < -0.4 is 4.72 Å². The van der Waals surface area contributed by atoms with E-state index in [0.29, 0.717) is 5.56 Å². The molecule has 0 aliphatic rings. The van der Waals surface area contributed by atoms with Crippen LogP contribution in [0.4, 0.5) is 5.69 Å². The fraction of sp³-hybridized carbons (Fsp3) is 0.0769. The highest BCUT2D eigenvalue weighted by molar-refractivity contribution is 7.92. The van der Waals surface area contributed by atoms with Gasteiger partial charge in [-0.05, 0) is 30.7 Å². The molecule has 2 rings (SSSR count). The normalized spacial score (nSPS) is 11.3. The zero-order valence-electron chi connectivity index (χ0n) is 10.1. The van der Waals surface area contributed by atoms with Gasteiger partial charge >= 0.3 is 0 Å². The maximum Gasteiger partial charge on any atom is 0.262 e. The molecule has 0 aliphatic carbocycles. The summed E-state index contributed by atoms with van der Waals surface area (Å²) in [5, 5.41) is 9.62. The average Bonchev–Trinajstić information content (AvgIpc) is 2.34. The summed E-state index contributed by atoms with van der Waals surface area (Å²) in [5.74, 6) is -0.174. The van der Waals surface area contributed by atoms with Crippen molar-refractivity contribution in [3.05, 3.63) is 53.1 Å². The fourth-order valence-electron chi connectivity index (χ4n) is 1.64. The number of aromatic hydroxyl groups is 1. The minimum Gasteiger partial charge on any atom is -0.506 e. The largest absolute Gasteiger partial charge is 0.506 e. The van der Waals surface area contributed by atoms with Crippen molar-refractivity contribution in [2.24, 2.45) is 0 Å². The Morgan fingerprint density at radius 2 is 1.84 bits per heavy atom. The van der Waals surface area contributed by atoms with E-state index >= 15 is 0 Å². The molecule has 100 valence electrons. The molecule has 2 aromatic rings. The van der Waals surface area contributed by atoms with Crippen LogP contribution in [0, 0.1) is 6.92 Å². The van der Waals surface area contributed by atoms with E-state index in [1.165, 1.54) is 24.3 Å². The summed E-state index contributed by atoms with van der Waals surface area (Å²) in [4.78, 5) is 0.199. The highest BCUT2D eigenvalue weighted by Crippen LogP contribution is 2.27. The van der Waals surface area contributed by atoms with Crippen molar-refractivity contribution >= 4 is 27.3 Å². The van der Waals surface area contributed by atoms with Gasteiger partial charge in [-0.1, -0.05) is 29.8 Å². The summed E-state index contributed by atoms with van der Waals surface area (Å²) in [6.07, 6.45) is 0. The van der Waals surface area contributed by atoms with E-state index in [9.17, 15) is 13.5 Å². The lowest BCUT2D eigenvalue weighted by molar-refractivity contribution is 0.476. The first kappa shape index (κ1) is 13.7. The Morgan fingerprint density at radius 3 is 2.47 bits per heavy atom. The number of phenols is 1. The Labute approximate surface area is 116 Å². The lowest BCUT2D eigenvalue weighted by Crippen LogP contribution is -2.14. The molecule has 0 atom stereocenters. The molecule has 2 N–H and O–H groups in total. The van der Waals surface area contributed by atoms with Gasteiger partial charge in [-0.15, -0.1) is 0 Å². The molecule has 4 nitrogen and oxygen atoms in total. The molecule has 0 unspecified atom stereocenters. The topological polar surface area (TPSA) is 66.4 Å². The minimum atomic E-state index is -3.68. The van der Waals surface area contributed by atoms with E-state index in [0.717, 1.165) is 0 Å². The van der Waals surface area contributed by atoms with E-state index in [1.54, 1.807) is 25.1 Å². The van der Waals surface area contributed by atoms with Crippen molar-refractivity contribution < 1.29 is 13.5 Å². The molecule has 19 heavy (non-hydrogen) atoms. The lowest BCUT2D eigenvalue weighted by atomic mass is 10.2. The van der Waals surface area contributed by atoms with E-state index in [4.69, 9.17) is 11.6 Å². The fourth-order valence-corrected chi connectivity index (χ4v) is 3.06. The van der Waals surface area contributed by atoms with Crippen molar-refractivity contribution in [3.63, 3.8) is 0 Å². The molecule has 0 aromatic heterocycles. The van der Waals surface area contributed by atoms with Gasteiger partial charge in [0.15, 0.2) is 0 Å². The van der Waals surface area contributed by atoms with Crippen LogP contribution in [0.2, 0.25) is 5.02 Å². The molecule has 0 bridgehead atoms. The minimum absolute atomic E-state index is 0.166. The molecular weight excluding hydrogens is 286 g/mol. The standard InChI is InChI=1S/C13H12ClNO3S/c1-9-4-2-3-5-13(9)19(17,18)15-10-6-7-11(14)12(16)8-10/h2-8,15-16H,1H3. The number of phenolic OH excluding ortho intramolecular Hbond substituents is 1. The zero-order chi connectivity index (χ0) is 14.0. The number of benzene rings is 2. The third-order valence-corrected chi connectivity index (χ3v) is 4.44. The van der Waals surface area contributed by atoms with Gasteiger partial charge in [0.25, 0.3) is 10.0 Å². The van der Waals surface area contributed by atoms with Gasteiger partial charge in [0, 0.05) is 6.07 Å². The molecule has 0 spiro atoms. The first-order valence-electron chi connectivity index (χ1n) is 5.47. The van der Waals surface area contributed by atoms with Crippen molar-refractivity contribution in [1.82, 2.24) is 0 Å². The Morgan fingerprint density at radius 1 is 1.16 bits per heavy atom. The quantitative estimate of drug-likeness (QED) is 0.914. The summed E-state index contributed by atoms with van der Waals surface area (Å²) in [5.41, 5.74) is 0.901. The molecular formula is C13H12ClNO3S. The number of rotatable bonds is 3. The summed E-state index contributed by atoms with van der Waals surface area (Å²) >= 11 is 5.67. The maximum atomic E-state index is 12.2. The number of sulfonamides is 1. The van der Waals surface area contributed by atoms with Gasteiger partial charge in [-0.25, -0.2) is 8.42 Å². The Kier molecular flexibility index (Phi) is 3.68. The van der Waals surface area contributed by atoms with Crippen LogP contribution in [0.1, 0.15) is 5.56 Å². The maximum absolute atomic E-state index is 12.2. The molecule has 0 amide bonds. The van der Waals surface area contributed by atoms with Crippen molar-refractivity contribution in [2.45, 2.75) is 11.8 Å². The third-order valence-electron chi connectivity index (χ3n) is 2.58. The molecule has 2 aromatic carbocycles. The van der Waals surface area contributed by atoms with E-state index < -0.39 is 10.0 Å². The SMILES string of the molecule is Cc1ccccc1S(=O)(=O)Nc1ccc(Cl)c(O)c1. The molecule has 0 heterocycles. The van der Waals surface area contributed by atoms with Gasteiger partial charge < -0.3 is 5.11 Å². The van der Waals surface area contributed by atoms with Gasteiger partial charge in [0.1, 0.15) is 5.75 Å². The number of hydrogen-bond donors (Lipinski definition) is 2. The smallest absolute Gasteiger partial charge is 0.262 e. The first-order chi connectivity index (χ1) is 8.90. The van der Waals surface area contributed by atoms with Crippen LogP contribution in [-0.2, 0) is 10.0 Å². The first-order valence-corrected chi connectivity index (χ1v) is 7.33. The van der Waals surface area contributed by atoms with E-state index in [1.807, 2.05) is 0 Å². The molecule has 0 fully saturated rings. The molecule has 0 aliphatic heterocycles. The summed E-state index contributed by atoms with van der Waals surface area (Å²) in [7, 11) is -3.68. The summed E-state index contributed by atoms with van der Waals surface area (Å²) in [6.45, 7) is 1.72. The van der Waals surface area contributed by atoms with Gasteiger partial charge in [-0.2, -0.15) is 0 Å². The second-order valence-corrected chi connectivity index (χ2v) is 6.10. The molecule has 0 radical (unpaired) electrons. The Bertz CT molecular complexity index is 714. The number of aryl methyl sites for hydroxylation is 1. The van der Waals surface area contributed by atoms with Crippen LogP contribution in [0.25, 0.3) is 0 Å². The van der Waals surface area contributed by atoms with Crippen molar-refractivity contribution in [2.75, 3.05) is 4.72 Å². The molecule has 0 saturated heterocycles. The number of hydrogen-bond acceptors (Lipinski definition) is 3. The van der Waals surface area contributed by atoms with Crippen molar-refractivity contribution in [1.29, 1.82) is 0 Å². The Hall–Kier alpha value is -1.72. The number of anilines is 1. The highest BCUT2D eigenvalue weighted by atomic mass is 35.5. The van der Waals surface area contributed by atoms with Gasteiger partial charge in [0.2, 0.25) is 0 Å². The average molecular weight is 298 g/mol. The zero-order valence-corrected chi connectivity index (χ0v) is 11.7. The van der Waals surface area contributed by atoms with Gasteiger partial charge in [0.05, 0.1) is 15.6 Å². The van der Waals surface area contributed by atoms with Crippen LogP contribution >= 0.6 is 11.6 Å². The number of halogens is 1. The van der Waals surface area contributed by atoms with E-state index in [2.05, 4.69) is 4.72 Å². The van der Waals surface area contributed by atoms with Crippen LogP contribution in [-0.4, -0.2) is 13.5 Å². The molecule has 6 heteroatoms. The van der Waals surface area contributed by atoms with Gasteiger partial charge in [-0.3, -0.25) is 4.72 Å². The summed E-state index contributed by atoms with van der Waals surface area (Å²) in [6, 6.07) is 10.8. The predicted molar refractivity (Wildman–Crippen MR) is 75.1 cm³/mol. The van der Waals surface area contributed by atoms with Crippen molar-refractivity contribution in [3.8, 4) is 5.75 Å². The molecule has 0 saturated carbocycles. The number of nitrogens with one attached hydrogen (secondary N) is 1. The lowest BCUT2D eigenvalue weighted by Gasteiger charge is -2.10. The van der Waals surface area contributed by atoms with Crippen LogP contribution in [0.5, 0.6) is 5.75 Å². The second-order valence-electron chi connectivity index (χ2n) is 4.04. The van der Waals surface area contributed by atoms with Crippen LogP contribution in [0.3, 0.4) is 0 Å². The second kappa shape index (κ2) is 5.11. The highest BCUT2D eigenvalue weighted by Gasteiger charge is 2.16. The van der Waals surface area contributed by atoms with Crippen LogP contribution in [0.15, 0.2) is 47.4 Å². The Balaban J connectivity index is 2.37. The monoisotopic (exact) mass is 297 g/mol. The summed E-state index contributed by atoms with van der Waals surface area (Å²) < 4.78 is 26.8. The predicted octanol–water partition coefficient (Wildman–Crippen LogP) is 3.15. The third kappa shape index (κ3) is 3.00. The van der Waals surface area contributed by atoms with E-state index in [-0.39, 0.29) is 21.4 Å².